The lowest BCUT2D eigenvalue weighted by Gasteiger charge is -2.29. The largest absolute Gasteiger partial charge is 0.311 e. The molecule has 11 rings (SSSR count). The predicted octanol–water partition coefficient (Wildman–Crippen LogP) is 17.1. The van der Waals surface area contributed by atoms with Gasteiger partial charge in [0.2, 0.25) is 0 Å². The molecule has 0 radical (unpaired) electrons. The third-order valence-corrected chi connectivity index (χ3v) is 12.8. The van der Waals surface area contributed by atoms with Gasteiger partial charge in [0.25, 0.3) is 0 Å². The molecule has 1 heterocycles. The van der Waals surface area contributed by atoms with E-state index in [1.807, 2.05) is 11.3 Å². The highest BCUT2D eigenvalue weighted by atomic mass is 32.1. The second-order valence-electron chi connectivity index (χ2n) is 15.3. The molecule has 61 heavy (non-hydrogen) atoms. The highest BCUT2D eigenvalue weighted by molar-refractivity contribution is 7.25. The molecule has 10 aromatic carbocycles. The van der Waals surface area contributed by atoms with Crippen molar-refractivity contribution in [2.45, 2.75) is 0 Å². The molecule has 11 aromatic rings. The number of benzene rings is 10. The molecule has 0 aliphatic carbocycles. The average Bonchev–Trinajstić information content (AvgIpc) is 3.71. The minimum absolute atomic E-state index is 1.10. The molecule has 0 N–H and O–H groups in total. The molecule has 0 fully saturated rings. The van der Waals surface area contributed by atoms with Crippen molar-refractivity contribution >= 4 is 76.4 Å². The fraction of sp³-hybridized carbons (Fsp3) is 0. The monoisotopic (exact) mass is 796 g/mol. The first-order valence-corrected chi connectivity index (χ1v) is 21.6. The van der Waals surface area contributed by atoms with Crippen LogP contribution in [0.25, 0.3) is 64.3 Å². The zero-order valence-electron chi connectivity index (χ0n) is 33.4. The highest BCUT2D eigenvalue weighted by Crippen LogP contribution is 2.46. The standard InChI is InChI=1S/C58H40N2S/c1-4-16-41(17-5-1)55-38-44-18-10-11-19-45(44)39-56(55)60(50-36-37-54-53-26-14-15-27-57(53)61-58(54)40-50)49-34-30-43(31-35-49)52-25-13-12-24-51(52)42-28-32-48(33-29-42)59(46-20-6-2-7-21-46)47-22-8-3-9-23-47/h1-40H. The van der Waals surface area contributed by atoms with Crippen molar-refractivity contribution < 1.29 is 0 Å². The second-order valence-corrected chi connectivity index (χ2v) is 16.4. The van der Waals surface area contributed by atoms with Crippen LogP contribution < -0.4 is 9.80 Å². The zero-order valence-corrected chi connectivity index (χ0v) is 34.2. The van der Waals surface area contributed by atoms with E-state index >= 15 is 0 Å². The SMILES string of the molecule is c1ccc(-c2cc3ccccc3cc2N(c2ccc(-c3ccccc3-c3ccc(N(c4ccccc4)c4ccccc4)cc3)cc2)c2ccc3c(c2)sc2ccccc23)cc1. The van der Waals surface area contributed by atoms with Crippen LogP contribution in [0.4, 0.5) is 34.1 Å². The number of nitrogens with zero attached hydrogens (tertiary/aromatic N) is 2. The van der Waals surface area contributed by atoms with E-state index in [2.05, 4.69) is 252 Å². The summed E-state index contributed by atoms with van der Waals surface area (Å²) in [6.45, 7) is 0. The fourth-order valence-corrected chi connectivity index (χ4v) is 9.85. The summed E-state index contributed by atoms with van der Waals surface area (Å²) in [4.78, 5) is 4.75. The molecule has 0 atom stereocenters. The molecule has 3 heteroatoms. The van der Waals surface area contributed by atoms with Crippen molar-refractivity contribution in [2.24, 2.45) is 0 Å². The average molecular weight is 797 g/mol. The number of thiophene rings is 1. The Morgan fingerprint density at radius 3 is 1.33 bits per heavy atom. The summed E-state index contributed by atoms with van der Waals surface area (Å²) in [6, 6.07) is 87.8. The van der Waals surface area contributed by atoms with Crippen LogP contribution in [-0.2, 0) is 0 Å². The first kappa shape index (κ1) is 36.4. The van der Waals surface area contributed by atoms with E-state index in [1.54, 1.807) is 0 Å². The summed E-state index contributed by atoms with van der Waals surface area (Å²) < 4.78 is 2.58. The lowest BCUT2D eigenvalue weighted by molar-refractivity contribution is 1.28. The van der Waals surface area contributed by atoms with Crippen LogP contribution >= 0.6 is 11.3 Å². The van der Waals surface area contributed by atoms with E-state index in [4.69, 9.17) is 0 Å². The maximum absolute atomic E-state index is 2.44. The maximum Gasteiger partial charge on any atom is 0.0546 e. The Morgan fingerprint density at radius 2 is 0.705 bits per heavy atom. The van der Waals surface area contributed by atoms with Gasteiger partial charge in [0, 0.05) is 54.2 Å². The lowest BCUT2D eigenvalue weighted by atomic mass is 9.94. The number of fused-ring (bicyclic) bond motifs is 4. The van der Waals surface area contributed by atoms with E-state index in [-0.39, 0.29) is 0 Å². The van der Waals surface area contributed by atoms with Crippen molar-refractivity contribution in [3.8, 4) is 33.4 Å². The number of hydrogen-bond acceptors (Lipinski definition) is 3. The Labute approximate surface area is 360 Å². The van der Waals surface area contributed by atoms with Gasteiger partial charge in [-0.2, -0.15) is 0 Å². The Bertz CT molecular complexity index is 3240. The van der Waals surface area contributed by atoms with Crippen LogP contribution in [0.5, 0.6) is 0 Å². The minimum Gasteiger partial charge on any atom is -0.311 e. The Hall–Kier alpha value is -7.72. The lowest BCUT2D eigenvalue weighted by Crippen LogP contribution is -2.11. The van der Waals surface area contributed by atoms with E-state index in [9.17, 15) is 0 Å². The number of para-hydroxylation sites is 2. The first-order chi connectivity index (χ1) is 30.2. The quantitative estimate of drug-likeness (QED) is 0.144. The predicted molar refractivity (Wildman–Crippen MR) is 263 cm³/mol. The van der Waals surface area contributed by atoms with Crippen LogP contribution in [0.15, 0.2) is 243 Å². The van der Waals surface area contributed by atoms with E-state index in [0.29, 0.717) is 0 Å². The first-order valence-electron chi connectivity index (χ1n) is 20.7. The van der Waals surface area contributed by atoms with Crippen LogP contribution in [0, 0.1) is 0 Å². The number of anilines is 6. The molecule has 0 saturated heterocycles. The summed E-state index contributed by atoms with van der Waals surface area (Å²) in [5.74, 6) is 0. The highest BCUT2D eigenvalue weighted by Gasteiger charge is 2.21. The Balaban J connectivity index is 1.01. The summed E-state index contributed by atoms with van der Waals surface area (Å²) in [5, 5.41) is 5.02. The van der Waals surface area contributed by atoms with Gasteiger partial charge in [0.15, 0.2) is 0 Å². The van der Waals surface area contributed by atoms with Gasteiger partial charge in [0.1, 0.15) is 0 Å². The van der Waals surface area contributed by atoms with E-state index in [1.165, 1.54) is 64.3 Å². The van der Waals surface area contributed by atoms with Gasteiger partial charge in [-0.1, -0.05) is 164 Å². The maximum atomic E-state index is 2.44. The van der Waals surface area contributed by atoms with Crippen LogP contribution in [-0.4, -0.2) is 0 Å². The summed E-state index contributed by atoms with van der Waals surface area (Å²) in [7, 11) is 0. The van der Waals surface area contributed by atoms with Gasteiger partial charge in [-0.25, -0.2) is 0 Å². The summed E-state index contributed by atoms with van der Waals surface area (Å²) in [5.41, 5.74) is 13.8. The van der Waals surface area contributed by atoms with Gasteiger partial charge in [-0.3, -0.25) is 0 Å². The Morgan fingerprint density at radius 1 is 0.262 bits per heavy atom. The molecular formula is C58H40N2S. The van der Waals surface area contributed by atoms with Crippen molar-refractivity contribution in [1.29, 1.82) is 0 Å². The number of rotatable bonds is 9. The Kier molecular flexibility index (Phi) is 9.42. The molecule has 288 valence electrons. The van der Waals surface area contributed by atoms with E-state index in [0.717, 1.165) is 34.1 Å². The van der Waals surface area contributed by atoms with Crippen molar-refractivity contribution in [3.05, 3.63) is 243 Å². The fourth-order valence-electron chi connectivity index (χ4n) is 8.71. The topological polar surface area (TPSA) is 6.48 Å². The van der Waals surface area contributed by atoms with Crippen molar-refractivity contribution in [3.63, 3.8) is 0 Å². The van der Waals surface area contributed by atoms with E-state index < -0.39 is 0 Å². The molecule has 0 aliphatic rings. The van der Waals surface area contributed by atoms with Crippen molar-refractivity contribution in [2.75, 3.05) is 9.80 Å². The van der Waals surface area contributed by atoms with Crippen LogP contribution in [0.2, 0.25) is 0 Å². The van der Waals surface area contributed by atoms with Crippen molar-refractivity contribution in [1.82, 2.24) is 0 Å². The van der Waals surface area contributed by atoms with Gasteiger partial charge in [-0.05, 0) is 117 Å². The summed E-state index contributed by atoms with van der Waals surface area (Å²) >= 11 is 1.86. The molecule has 1 aromatic heterocycles. The molecule has 0 unspecified atom stereocenters. The second kappa shape index (κ2) is 15.8. The molecule has 0 spiro atoms. The summed E-state index contributed by atoms with van der Waals surface area (Å²) in [6.07, 6.45) is 0. The van der Waals surface area contributed by atoms with Gasteiger partial charge in [0.05, 0.1) is 5.69 Å². The number of hydrogen-bond donors (Lipinski definition) is 0. The minimum atomic E-state index is 1.10. The molecule has 0 aliphatic heterocycles. The van der Waals surface area contributed by atoms with Gasteiger partial charge >= 0.3 is 0 Å². The normalized spacial score (nSPS) is 11.3. The van der Waals surface area contributed by atoms with Crippen LogP contribution in [0.1, 0.15) is 0 Å². The molecule has 0 bridgehead atoms. The third kappa shape index (κ3) is 6.91. The van der Waals surface area contributed by atoms with Gasteiger partial charge in [-0.15, -0.1) is 11.3 Å². The van der Waals surface area contributed by atoms with Crippen LogP contribution in [0.3, 0.4) is 0 Å². The molecule has 0 amide bonds. The van der Waals surface area contributed by atoms with Gasteiger partial charge < -0.3 is 9.80 Å². The molecular weight excluding hydrogens is 757 g/mol. The molecule has 0 saturated carbocycles. The zero-order chi connectivity index (χ0) is 40.5. The smallest absolute Gasteiger partial charge is 0.0546 e. The third-order valence-electron chi connectivity index (χ3n) is 11.6. The molecule has 2 nitrogen and oxygen atoms in total.